The van der Waals surface area contributed by atoms with E-state index < -0.39 is 5.63 Å². The van der Waals surface area contributed by atoms with Gasteiger partial charge in [-0.15, -0.1) is 0 Å². The predicted octanol–water partition coefficient (Wildman–Crippen LogP) is 3.06. The van der Waals surface area contributed by atoms with Gasteiger partial charge in [0.05, 0.1) is 19.3 Å². The van der Waals surface area contributed by atoms with Crippen LogP contribution in [0.5, 0.6) is 0 Å². The van der Waals surface area contributed by atoms with Gasteiger partial charge >= 0.3 is 5.63 Å². The quantitative estimate of drug-likeness (QED) is 0.713. The molecule has 2 fully saturated rings. The van der Waals surface area contributed by atoms with E-state index in [4.69, 9.17) is 9.15 Å². The highest BCUT2D eigenvalue weighted by molar-refractivity contribution is 5.95. The first-order chi connectivity index (χ1) is 15.1. The van der Waals surface area contributed by atoms with Crippen LogP contribution in [-0.4, -0.2) is 60.6 Å². The Morgan fingerprint density at radius 3 is 2.68 bits per heavy atom. The zero-order valence-electron chi connectivity index (χ0n) is 18.5. The van der Waals surface area contributed by atoms with Crippen LogP contribution in [-0.2, 0) is 17.6 Å². The summed E-state index contributed by atoms with van der Waals surface area (Å²) in [6.07, 6.45) is 3.65. The Bertz CT molecular complexity index is 954. The molecule has 1 aromatic carbocycles. The number of morpholine rings is 1. The molecule has 6 heteroatoms. The lowest BCUT2D eigenvalue weighted by Gasteiger charge is -2.48. The summed E-state index contributed by atoms with van der Waals surface area (Å²) < 4.78 is 11.3. The summed E-state index contributed by atoms with van der Waals surface area (Å²) in [7, 11) is 0. The minimum atomic E-state index is -0.528. The van der Waals surface area contributed by atoms with Gasteiger partial charge in [0.15, 0.2) is 0 Å². The normalized spacial score (nSPS) is 21.7. The highest BCUT2D eigenvalue weighted by Gasteiger charge is 2.37. The van der Waals surface area contributed by atoms with Gasteiger partial charge in [-0.1, -0.05) is 43.7 Å². The number of ether oxygens (including phenoxy) is 1. The molecule has 2 aliphatic rings. The van der Waals surface area contributed by atoms with Crippen molar-refractivity contribution in [1.29, 1.82) is 0 Å². The van der Waals surface area contributed by atoms with Gasteiger partial charge in [0.25, 0.3) is 5.91 Å². The lowest BCUT2D eigenvalue weighted by molar-refractivity contribution is -0.0776. The molecule has 4 rings (SSSR count). The minimum Gasteiger partial charge on any atom is -0.427 e. The predicted molar refractivity (Wildman–Crippen MR) is 119 cm³/mol. The van der Waals surface area contributed by atoms with E-state index in [1.807, 2.05) is 31.2 Å². The smallest absolute Gasteiger partial charge is 0.349 e. The number of fused-ring (bicyclic) bond motifs is 1. The van der Waals surface area contributed by atoms with E-state index in [9.17, 15) is 9.59 Å². The Morgan fingerprint density at radius 2 is 1.94 bits per heavy atom. The largest absolute Gasteiger partial charge is 0.427 e. The molecule has 2 aromatic rings. The topological polar surface area (TPSA) is 63.0 Å². The molecule has 2 saturated heterocycles. The molecule has 0 aliphatic carbocycles. The molecular formula is C25H32N2O4. The number of carbonyl (C=O) groups excluding carboxylic acids is 1. The van der Waals surface area contributed by atoms with Crippen molar-refractivity contribution in [2.24, 2.45) is 0 Å². The van der Waals surface area contributed by atoms with Crippen LogP contribution in [0.4, 0.5) is 0 Å². The number of benzene rings is 1. The van der Waals surface area contributed by atoms with Crippen molar-refractivity contribution < 1.29 is 13.9 Å². The van der Waals surface area contributed by atoms with Gasteiger partial charge in [0.2, 0.25) is 0 Å². The van der Waals surface area contributed by atoms with Gasteiger partial charge in [-0.2, -0.15) is 0 Å². The highest BCUT2D eigenvalue weighted by Crippen LogP contribution is 2.23. The van der Waals surface area contributed by atoms with Crippen LogP contribution in [0.15, 0.2) is 45.6 Å². The molecule has 0 unspecified atom stereocenters. The van der Waals surface area contributed by atoms with Gasteiger partial charge in [0.1, 0.15) is 11.3 Å². The summed E-state index contributed by atoms with van der Waals surface area (Å²) >= 11 is 0. The van der Waals surface area contributed by atoms with E-state index in [1.165, 1.54) is 5.56 Å². The van der Waals surface area contributed by atoms with Crippen LogP contribution in [0.3, 0.4) is 0 Å². The number of hydrogen-bond acceptors (Lipinski definition) is 5. The lowest BCUT2D eigenvalue weighted by Crippen LogP contribution is -2.62. The third kappa shape index (κ3) is 4.91. The SMILES string of the molecule is CCC[C@H]1COC[C@H]2CN(C(=O)c3c(C)cc(CCc4ccccc4)oc3=O)CCN12. The first-order valence-corrected chi connectivity index (χ1v) is 11.4. The summed E-state index contributed by atoms with van der Waals surface area (Å²) in [5.41, 5.74) is 1.52. The van der Waals surface area contributed by atoms with Gasteiger partial charge < -0.3 is 14.1 Å². The van der Waals surface area contributed by atoms with Gasteiger partial charge in [-0.05, 0) is 37.0 Å². The van der Waals surface area contributed by atoms with E-state index in [0.29, 0.717) is 43.5 Å². The fourth-order valence-corrected chi connectivity index (χ4v) is 4.82. The summed E-state index contributed by atoms with van der Waals surface area (Å²) in [5.74, 6) is 0.397. The number of carbonyl (C=O) groups is 1. The zero-order valence-corrected chi connectivity index (χ0v) is 18.5. The third-order valence-corrected chi connectivity index (χ3v) is 6.44. The van der Waals surface area contributed by atoms with Crippen molar-refractivity contribution in [1.82, 2.24) is 9.80 Å². The summed E-state index contributed by atoms with van der Waals surface area (Å²) in [4.78, 5) is 30.2. The van der Waals surface area contributed by atoms with Crippen LogP contribution >= 0.6 is 0 Å². The number of aryl methyl sites for hydroxylation is 3. The highest BCUT2D eigenvalue weighted by atomic mass is 16.5. The molecule has 1 aromatic heterocycles. The minimum absolute atomic E-state index is 0.166. The number of rotatable bonds is 6. The van der Waals surface area contributed by atoms with Crippen LogP contribution in [0.25, 0.3) is 0 Å². The maximum absolute atomic E-state index is 13.2. The van der Waals surface area contributed by atoms with Gasteiger partial charge in [-0.3, -0.25) is 9.69 Å². The van der Waals surface area contributed by atoms with E-state index in [1.54, 1.807) is 4.90 Å². The Labute approximate surface area is 183 Å². The molecule has 0 bridgehead atoms. The first kappa shape index (κ1) is 21.8. The molecule has 0 saturated carbocycles. The van der Waals surface area contributed by atoms with Crippen molar-refractivity contribution in [2.45, 2.75) is 51.6 Å². The number of hydrogen-bond donors (Lipinski definition) is 0. The molecular weight excluding hydrogens is 392 g/mol. The average molecular weight is 425 g/mol. The molecule has 2 aliphatic heterocycles. The van der Waals surface area contributed by atoms with Crippen LogP contribution in [0.2, 0.25) is 0 Å². The van der Waals surface area contributed by atoms with Crippen LogP contribution < -0.4 is 5.63 Å². The molecule has 0 radical (unpaired) electrons. The van der Waals surface area contributed by atoms with E-state index in [2.05, 4.69) is 24.0 Å². The average Bonchev–Trinajstić information content (AvgIpc) is 2.78. The Morgan fingerprint density at radius 1 is 1.13 bits per heavy atom. The maximum atomic E-state index is 13.2. The number of piperazine rings is 1. The molecule has 31 heavy (non-hydrogen) atoms. The van der Waals surface area contributed by atoms with Crippen molar-refractivity contribution in [2.75, 3.05) is 32.8 Å². The summed E-state index contributed by atoms with van der Waals surface area (Å²) in [6, 6.07) is 12.6. The van der Waals surface area contributed by atoms with E-state index >= 15 is 0 Å². The van der Waals surface area contributed by atoms with Crippen molar-refractivity contribution in [3.63, 3.8) is 0 Å². The fraction of sp³-hybridized carbons (Fsp3) is 0.520. The molecule has 6 nitrogen and oxygen atoms in total. The van der Waals surface area contributed by atoms with Crippen molar-refractivity contribution in [3.8, 4) is 0 Å². The van der Waals surface area contributed by atoms with Gasteiger partial charge in [-0.25, -0.2) is 4.79 Å². The fourth-order valence-electron chi connectivity index (χ4n) is 4.82. The van der Waals surface area contributed by atoms with Gasteiger partial charge in [0, 0.05) is 32.1 Å². The molecule has 3 heterocycles. The van der Waals surface area contributed by atoms with Crippen molar-refractivity contribution >= 4 is 5.91 Å². The van der Waals surface area contributed by atoms with Crippen LogP contribution in [0.1, 0.15) is 47.0 Å². The number of nitrogens with zero attached hydrogens (tertiary/aromatic N) is 2. The second-order valence-electron chi connectivity index (χ2n) is 8.67. The van der Waals surface area contributed by atoms with Crippen molar-refractivity contribution in [3.05, 3.63) is 69.3 Å². The molecule has 2 atom stereocenters. The second kappa shape index (κ2) is 9.79. The maximum Gasteiger partial charge on any atom is 0.349 e. The Kier molecular flexibility index (Phi) is 6.88. The summed E-state index contributed by atoms with van der Waals surface area (Å²) in [5, 5.41) is 0. The van der Waals surface area contributed by atoms with Crippen LogP contribution in [0, 0.1) is 6.92 Å². The standard InChI is InChI=1S/C25H32N2O4/c1-3-7-20-16-30-17-21-15-26(12-13-27(20)21)24(28)23-18(2)14-22(31-25(23)29)11-10-19-8-5-4-6-9-19/h4-6,8-9,14,20-21H,3,7,10-13,15-17H2,1-2H3/t20-,21+/m0/s1. The monoisotopic (exact) mass is 424 g/mol. The second-order valence-corrected chi connectivity index (χ2v) is 8.67. The first-order valence-electron chi connectivity index (χ1n) is 11.4. The molecule has 1 amide bonds. The Balaban J connectivity index is 1.44. The Hall–Kier alpha value is -2.44. The van der Waals surface area contributed by atoms with E-state index in [0.717, 1.165) is 32.4 Å². The third-order valence-electron chi connectivity index (χ3n) is 6.44. The summed E-state index contributed by atoms with van der Waals surface area (Å²) in [6.45, 7) is 7.46. The lowest BCUT2D eigenvalue weighted by atomic mass is 10.0. The van der Waals surface area contributed by atoms with E-state index in [-0.39, 0.29) is 17.5 Å². The molecule has 0 N–H and O–H groups in total. The molecule has 166 valence electrons. The number of amides is 1. The molecule has 0 spiro atoms. The zero-order chi connectivity index (χ0) is 21.8.